The van der Waals surface area contributed by atoms with E-state index in [0.717, 1.165) is 45.0 Å². The number of ether oxygens (including phenoxy) is 1. The Bertz CT molecular complexity index is 336. The van der Waals surface area contributed by atoms with Crippen LogP contribution in [-0.2, 0) is 9.53 Å². The van der Waals surface area contributed by atoms with Crippen molar-refractivity contribution in [3.8, 4) is 0 Å². The van der Waals surface area contributed by atoms with Gasteiger partial charge in [-0.1, -0.05) is 6.92 Å². The molecular weight excluding hydrogens is 345 g/mol. The van der Waals surface area contributed by atoms with Gasteiger partial charge in [0.25, 0.3) is 0 Å². The molecule has 3 N–H and O–H groups in total. The van der Waals surface area contributed by atoms with Crippen molar-refractivity contribution in [2.45, 2.75) is 31.8 Å². The van der Waals surface area contributed by atoms with E-state index in [1.54, 1.807) is 0 Å². The van der Waals surface area contributed by atoms with Crippen LogP contribution in [0.2, 0.25) is 0 Å². The molecule has 5 nitrogen and oxygen atoms in total. The number of halogens is 2. The average Bonchev–Trinajstić information content (AvgIpc) is 2.95. The Hall–Kier alpha value is 0.280. The third-order valence-electron chi connectivity index (χ3n) is 4.56. The molecular formula is C14H29Cl2N3O2S. The molecule has 3 unspecified atom stereocenters. The highest BCUT2D eigenvalue weighted by molar-refractivity contribution is 7.99. The van der Waals surface area contributed by atoms with Crippen LogP contribution in [0.4, 0.5) is 0 Å². The number of carbonyl (C=O) groups excluding carboxylic acids is 1. The van der Waals surface area contributed by atoms with E-state index in [1.807, 2.05) is 25.6 Å². The van der Waals surface area contributed by atoms with Gasteiger partial charge in [0.05, 0.1) is 13.2 Å². The number of morpholine rings is 1. The van der Waals surface area contributed by atoms with E-state index in [4.69, 9.17) is 10.5 Å². The second-order valence-corrected chi connectivity index (χ2v) is 7.10. The SMILES string of the molecule is CC(N)C(C)C(=O)NCC1(N2CCOCC2)CCSC1.Cl.Cl. The van der Waals surface area contributed by atoms with E-state index in [0.29, 0.717) is 0 Å². The number of rotatable bonds is 5. The average molecular weight is 374 g/mol. The van der Waals surface area contributed by atoms with Gasteiger partial charge in [-0.05, 0) is 19.1 Å². The van der Waals surface area contributed by atoms with E-state index >= 15 is 0 Å². The zero-order valence-electron chi connectivity index (χ0n) is 13.4. The summed E-state index contributed by atoms with van der Waals surface area (Å²) >= 11 is 1.98. The Morgan fingerprint density at radius 2 is 2.00 bits per heavy atom. The van der Waals surface area contributed by atoms with Crippen LogP contribution in [0.3, 0.4) is 0 Å². The van der Waals surface area contributed by atoms with Gasteiger partial charge in [-0.3, -0.25) is 9.69 Å². The summed E-state index contributed by atoms with van der Waals surface area (Å²) in [6.45, 7) is 8.06. The maximum atomic E-state index is 12.1. The maximum absolute atomic E-state index is 12.1. The van der Waals surface area contributed by atoms with Gasteiger partial charge in [-0.2, -0.15) is 11.8 Å². The molecule has 2 aliphatic heterocycles. The summed E-state index contributed by atoms with van der Waals surface area (Å²) < 4.78 is 5.45. The lowest BCUT2D eigenvalue weighted by Crippen LogP contribution is -2.59. The number of nitrogens with one attached hydrogen (secondary N) is 1. The summed E-state index contributed by atoms with van der Waals surface area (Å²) in [6, 6.07) is -0.104. The van der Waals surface area contributed by atoms with Crippen LogP contribution in [0, 0.1) is 5.92 Å². The number of nitrogens with two attached hydrogens (primary N) is 1. The number of hydrogen-bond acceptors (Lipinski definition) is 5. The van der Waals surface area contributed by atoms with Crippen LogP contribution in [0.5, 0.6) is 0 Å². The fourth-order valence-corrected chi connectivity index (χ4v) is 4.26. The van der Waals surface area contributed by atoms with Crippen molar-refractivity contribution in [2.75, 3.05) is 44.4 Å². The quantitative estimate of drug-likeness (QED) is 0.756. The fraction of sp³-hybridized carbons (Fsp3) is 0.929. The predicted molar refractivity (Wildman–Crippen MR) is 97.4 cm³/mol. The lowest BCUT2D eigenvalue weighted by Gasteiger charge is -2.43. The molecule has 0 aromatic rings. The molecule has 0 aromatic heterocycles. The molecule has 0 bridgehead atoms. The molecule has 2 aliphatic rings. The molecule has 132 valence electrons. The minimum atomic E-state index is -0.134. The van der Waals surface area contributed by atoms with Crippen molar-refractivity contribution in [2.24, 2.45) is 11.7 Å². The normalized spacial score (nSPS) is 28.1. The van der Waals surface area contributed by atoms with Crippen molar-refractivity contribution in [1.82, 2.24) is 10.2 Å². The second kappa shape index (κ2) is 10.2. The Morgan fingerprint density at radius 3 is 2.50 bits per heavy atom. The van der Waals surface area contributed by atoms with Gasteiger partial charge in [-0.15, -0.1) is 24.8 Å². The maximum Gasteiger partial charge on any atom is 0.224 e. The fourth-order valence-electron chi connectivity index (χ4n) is 2.79. The highest BCUT2D eigenvalue weighted by atomic mass is 35.5. The zero-order chi connectivity index (χ0) is 14.6. The van der Waals surface area contributed by atoms with Gasteiger partial charge in [-0.25, -0.2) is 0 Å². The van der Waals surface area contributed by atoms with E-state index in [2.05, 4.69) is 10.2 Å². The molecule has 2 saturated heterocycles. The standard InChI is InChI=1S/C14H27N3O2S.2ClH/c1-11(12(2)15)13(18)16-9-14(3-8-20-10-14)17-4-6-19-7-5-17;;/h11-12H,3-10,15H2,1-2H3,(H,16,18);2*1H. The number of carbonyl (C=O) groups is 1. The summed E-state index contributed by atoms with van der Waals surface area (Å²) in [5.74, 6) is 2.21. The molecule has 2 rings (SSSR count). The highest BCUT2D eigenvalue weighted by Gasteiger charge is 2.41. The van der Waals surface area contributed by atoms with E-state index in [1.165, 1.54) is 5.75 Å². The van der Waals surface area contributed by atoms with Crippen LogP contribution >= 0.6 is 36.6 Å². The second-order valence-electron chi connectivity index (χ2n) is 5.99. The van der Waals surface area contributed by atoms with Gasteiger partial charge in [0, 0.05) is 42.9 Å². The third kappa shape index (κ3) is 5.42. The van der Waals surface area contributed by atoms with Crippen molar-refractivity contribution < 1.29 is 9.53 Å². The van der Waals surface area contributed by atoms with Crippen molar-refractivity contribution in [1.29, 1.82) is 0 Å². The van der Waals surface area contributed by atoms with Crippen LogP contribution in [0.1, 0.15) is 20.3 Å². The molecule has 0 saturated carbocycles. The molecule has 0 spiro atoms. The van der Waals surface area contributed by atoms with Gasteiger partial charge in [0.2, 0.25) is 5.91 Å². The largest absolute Gasteiger partial charge is 0.379 e. The topological polar surface area (TPSA) is 67.6 Å². The first kappa shape index (κ1) is 22.3. The molecule has 3 atom stereocenters. The van der Waals surface area contributed by atoms with E-state index in [-0.39, 0.29) is 48.2 Å². The molecule has 2 fully saturated rings. The van der Waals surface area contributed by atoms with Crippen LogP contribution in [-0.4, -0.2) is 66.7 Å². The van der Waals surface area contributed by atoms with Crippen LogP contribution < -0.4 is 11.1 Å². The monoisotopic (exact) mass is 373 g/mol. The van der Waals surface area contributed by atoms with Crippen LogP contribution in [0.15, 0.2) is 0 Å². The third-order valence-corrected chi connectivity index (χ3v) is 5.79. The lowest BCUT2D eigenvalue weighted by atomic mass is 9.94. The number of nitrogens with zero attached hydrogens (tertiary/aromatic N) is 1. The number of amides is 1. The molecule has 0 aromatic carbocycles. The van der Waals surface area contributed by atoms with Gasteiger partial charge < -0.3 is 15.8 Å². The predicted octanol–water partition coefficient (Wildman–Crippen LogP) is 1.14. The van der Waals surface area contributed by atoms with Crippen molar-refractivity contribution in [3.05, 3.63) is 0 Å². The van der Waals surface area contributed by atoms with Gasteiger partial charge in [0.15, 0.2) is 0 Å². The van der Waals surface area contributed by atoms with Crippen molar-refractivity contribution in [3.63, 3.8) is 0 Å². The van der Waals surface area contributed by atoms with Crippen LogP contribution in [0.25, 0.3) is 0 Å². The van der Waals surface area contributed by atoms with E-state index in [9.17, 15) is 4.79 Å². The highest BCUT2D eigenvalue weighted by Crippen LogP contribution is 2.33. The molecule has 22 heavy (non-hydrogen) atoms. The lowest BCUT2D eigenvalue weighted by molar-refractivity contribution is -0.125. The Morgan fingerprint density at radius 1 is 1.36 bits per heavy atom. The summed E-state index contributed by atoms with van der Waals surface area (Å²) in [5.41, 5.74) is 5.92. The summed E-state index contributed by atoms with van der Waals surface area (Å²) in [7, 11) is 0. The first-order valence-corrected chi connectivity index (χ1v) is 8.64. The zero-order valence-corrected chi connectivity index (χ0v) is 15.8. The summed E-state index contributed by atoms with van der Waals surface area (Å²) in [6.07, 6.45) is 1.14. The van der Waals surface area contributed by atoms with Gasteiger partial charge in [0.1, 0.15) is 0 Å². The summed E-state index contributed by atoms with van der Waals surface area (Å²) in [5, 5.41) is 3.13. The Labute approximate surface area is 150 Å². The van der Waals surface area contributed by atoms with Crippen molar-refractivity contribution >= 4 is 42.5 Å². The molecule has 8 heteroatoms. The Kier molecular flexibility index (Phi) is 10.3. The first-order valence-electron chi connectivity index (χ1n) is 7.49. The molecule has 0 aliphatic carbocycles. The molecule has 0 radical (unpaired) electrons. The smallest absolute Gasteiger partial charge is 0.224 e. The van der Waals surface area contributed by atoms with Gasteiger partial charge >= 0.3 is 0 Å². The number of hydrogen-bond donors (Lipinski definition) is 2. The number of thioether (sulfide) groups is 1. The van der Waals surface area contributed by atoms with E-state index < -0.39 is 0 Å². The Balaban J connectivity index is 0.00000220. The minimum absolute atomic E-state index is 0. The first-order chi connectivity index (χ1) is 9.55. The molecule has 2 heterocycles. The minimum Gasteiger partial charge on any atom is -0.379 e. The molecule has 1 amide bonds. The summed E-state index contributed by atoms with van der Waals surface area (Å²) in [4.78, 5) is 14.6.